The van der Waals surface area contributed by atoms with E-state index in [1.54, 1.807) is 0 Å². The lowest BCUT2D eigenvalue weighted by atomic mass is 10.1. The number of esters is 1. The summed E-state index contributed by atoms with van der Waals surface area (Å²) in [5.41, 5.74) is -2.83. The number of carbonyl (C=O) groups excluding carboxylic acids is 1. The zero-order valence-corrected chi connectivity index (χ0v) is 13.2. The number of anilines is 2. The smallest absolute Gasteiger partial charge is 0.433 e. The highest BCUT2D eigenvalue weighted by molar-refractivity contribution is 5.95. The summed E-state index contributed by atoms with van der Waals surface area (Å²) in [6.07, 6.45) is -9.43. The summed E-state index contributed by atoms with van der Waals surface area (Å²) in [6, 6.07) is 5.20. The fourth-order valence-corrected chi connectivity index (χ4v) is 2.00. The van der Waals surface area contributed by atoms with Crippen molar-refractivity contribution in [2.24, 2.45) is 0 Å². The molecule has 26 heavy (non-hydrogen) atoms. The summed E-state index contributed by atoms with van der Waals surface area (Å²) < 4.78 is 81.6. The zero-order valence-electron chi connectivity index (χ0n) is 13.2. The molecule has 0 spiro atoms. The van der Waals surface area contributed by atoms with Crippen LogP contribution in [0.25, 0.3) is 0 Å². The third kappa shape index (κ3) is 4.64. The second-order valence-electron chi connectivity index (χ2n) is 5.01. The summed E-state index contributed by atoms with van der Waals surface area (Å²) in [7, 11) is 0. The van der Waals surface area contributed by atoms with E-state index in [4.69, 9.17) is 4.74 Å². The molecule has 0 atom stereocenters. The van der Waals surface area contributed by atoms with Gasteiger partial charge in [-0.05, 0) is 37.3 Å². The van der Waals surface area contributed by atoms with Crippen LogP contribution in [0.3, 0.4) is 0 Å². The van der Waals surface area contributed by atoms with Crippen LogP contribution in [0.1, 0.15) is 28.5 Å². The molecule has 4 nitrogen and oxygen atoms in total. The molecule has 0 aliphatic rings. The van der Waals surface area contributed by atoms with Crippen LogP contribution in [0.2, 0.25) is 0 Å². The molecule has 2 rings (SSSR count). The molecule has 1 aromatic heterocycles. The van der Waals surface area contributed by atoms with Crippen molar-refractivity contribution in [3.8, 4) is 0 Å². The summed E-state index contributed by atoms with van der Waals surface area (Å²) >= 11 is 0. The third-order valence-corrected chi connectivity index (χ3v) is 3.13. The van der Waals surface area contributed by atoms with E-state index in [1.165, 1.54) is 13.0 Å². The monoisotopic (exact) mass is 378 g/mol. The van der Waals surface area contributed by atoms with Crippen molar-refractivity contribution in [1.29, 1.82) is 0 Å². The second-order valence-corrected chi connectivity index (χ2v) is 5.01. The summed E-state index contributed by atoms with van der Waals surface area (Å²) in [6.45, 7) is 1.46. The van der Waals surface area contributed by atoms with E-state index in [-0.39, 0.29) is 17.9 Å². The van der Waals surface area contributed by atoms with Gasteiger partial charge in [0.15, 0.2) is 0 Å². The van der Waals surface area contributed by atoms with Crippen LogP contribution in [0.4, 0.5) is 37.8 Å². The molecule has 10 heteroatoms. The number of ether oxygens (including phenoxy) is 1. The first-order valence-corrected chi connectivity index (χ1v) is 7.22. The van der Waals surface area contributed by atoms with Gasteiger partial charge in [-0.25, -0.2) is 9.78 Å². The Morgan fingerprint density at radius 3 is 2.35 bits per heavy atom. The number of nitrogens with one attached hydrogen (secondary N) is 1. The van der Waals surface area contributed by atoms with Crippen molar-refractivity contribution >= 4 is 17.5 Å². The fraction of sp³-hybridized carbons (Fsp3) is 0.250. The largest absolute Gasteiger partial charge is 0.462 e. The van der Waals surface area contributed by atoms with Gasteiger partial charge in [0.2, 0.25) is 0 Å². The quantitative estimate of drug-likeness (QED) is 0.598. The highest BCUT2D eigenvalue weighted by Crippen LogP contribution is 2.33. The Balaban J connectivity index is 2.47. The molecule has 0 radical (unpaired) electrons. The Morgan fingerprint density at radius 1 is 1.08 bits per heavy atom. The maximum atomic E-state index is 12.9. The number of carbonyl (C=O) groups is 1. The second kappa shape index (κ2) is 7.22. The van der Waals surface area contributed by atoms with Crippen molar-refractivity contribution in [2.45, 2.75) is 19.3 Å². The summed E-state index contributed by atoms with van der Waals surface area (Å²) in [4.78, 5) is 15.2. The molecule has 0 aliphatic carbocycles. The van der Waals surface area contributed by atoms with Gasteiger partial charge in [-0.1, -0.05) is 6.07 Å². The Bertz CT molecular complexity index is 802. The average Bonchev–Trinajstić information content (AvgIpc) is 2.53. The molecule has 0 aliphatic heterocycles. The van der Waals surface area contributed by atoms with Crippen LogP contribution in [-0.4, -0.2) is 17.6 Å². The van der Waals surface area contributed by atoms with Crippen molar-refractivity contribution < 1.29 is 35.9 Å². The molecule has 0 unspecified atom stereocenters. The predicted molar refractivity (Wildman–Crippen MR) is 79.9 cm³/mol. The van der Waals surface area contributed by atoms with E-state index in [2.05, 4.69) is 10.3 Å². The minimum absolute atomic E-state index is 0.0388. The van der Waals surface area contributed by atoms with Crippen LogP contribution < -0.4 is 5.32 Å². The van der Waals surface area contributed by atoms with Gasteiger partial charge in [-0.15, -0.1) is 0 Å². The number of nitrogens with zero attached hydrogens (tertiary/aromatic N) is 1. The Kier molecular flexibility index (Phi) is 5.43. The molecule has 0 amide bonds. The molecule has 0 fully saturated rings. The van der Waals surface area contributed by atoms with Gasteiger partial charge in [0.05, 0.1) is 12.2 Å². The van der Waals surface area contributed by atoms with Gasteiger partial charge >= 0.3 is 18.3 Å². The van der Waals surface area contributed by atoms with Crippen molar-refractivity contribution in [2.75, 3.05) is 11.9 Å². The Morgan fingerprint density at radius 2 is 1.77 bits per heavy atom. The third-order valence-electron chi connectivity index (χ3n) is 3.13. The summed E-state index contributed by atoms with van der Waals surface area (Å²) in [5.74, 6) is -1.51. The van der Waals surface area contributed by atoms with Gasteiger partial charge in [0, 0.05) is 5.69 Å². The molecule has 2 aromatic rings. The molecule has 0 saturated heterocycles. The van der Waals surface area contributed by atoms with Crippen LogP contribution in [0, 0.1) is 0 Å². The number of pyridine rings is 1. The molecular weight excluding hydrogens is 366 g/mol. The zero-order chi connectivity index (χ0) is 19.5. The molecule has 140 valence electrons. The lowest BCUT2D eigenvalue weighted by Crippen LogP contribution is -2.14. The van der Waals surface area contributed by atoms with E-state index in [9.17, 15) is 31.1 Å². The first-order valence-electron chi connectivity index (χ1n) is 7.22. The van der Waals surface area contributed by atoms with Crippen LogP contribution >= 0.6 is 0 Å². The fourth-order valence-electron chi connectivity index (χ4n) is 2.00. The minimum Gasteiger partial charge on any atom is -0.462 e. The number of hydrogen-bond acceptors (Lipinski definition) is 4. The molecule has 1 aromatic carbocycles. The van der Waals surface area contributed by atoms with Crippen LogP contribution in [0.5, 0.6) is 0 Å². The topological polar surface area (TPSA) is 51.2 Å². The highest BCUT2D eigenvalue weighted by Gasteiger charge is 2.34. The lowest BCUT2D eigenvalue weighted by molar-refractivity contribution is -0.141. The Hall–Kier alpha value is -2.78. The maximum Gasteiger partial charge on any atom is 0.433 e. The van der Waals surface area contributed by atoms with Gasteiger partial charge in [-0.3, -0.25) is 0 Å². The highest BCUT2D eigenvalue weighted by atomic mass is 19.4. The van der Waals surface area contributed by atoms with Crippen molar-refractivity contribution in [3.05, 3.63) is 53.2 Å². The molecule has 1 heterocycles. The van der Waals surface area contributed by atoms with Gasteiger partial charge in [0.25, 0.3) is 0 Å². The number of aromatic nitrogens is 1. The number of rotatable bonds is 4. The number of halogens is 6. The number of benzene rings is 1. The minimum atomic E-state index is -4.79. The predicted octanol–water partition coefficient (Wildman–Crippen LogP) is 5.04. The van der Waals surface area contributed by atoms with Crippen molar-refractivity contribution in [1.82, 2.24) is 4.98 Å². The number of alkyl halides is 6. The van der Waals surface area contributed by atoms with E-state index in [0.29, 0.717) is 12.1 Å². The van der Waals surface area contributed by atoms with Gasteiger partial charge in [-0.2, -0.15) is 26.3 Å². The SMILES string of the molecule is CCOC(=O)c1ccc(C(F)(F)F)nc1Nc1cccc(C(F)(F)F)c1. The van der Waals surface area contributed by atoms with E-state index in [1.807, 2.05) is 0 Å². The van der Waals surface area contributed by atoms with E-state index >= 15 is 0 Å². The average molecular weight is 378 g/mol. The normalized spacial score (nSPS) is 12.0. The molecule has 0 bridgehead atoms. The van der Waals surface area contributed by atoms with Gasteiger partial charge < -0.3 is 10.1 Å². The van der Waals surface area contributed by atoms with Crippen LogP contribution in [-0.2, 0) is 17.1 Å². The summed E-state index contributed by atoms with van der Waals surface area (Å²) in [5, 5.41) is 2.32. The molecular formula is C16H12F6N2O2. The van der Waals surface area contributed by atoms with E-state index in [0.717, 1.165) is 18.2 Å². The molecule has 0 saturated carbocycles. The first kappa shape index (κ1) is 19.5. The first-order chi connectivity index (χ1) is 12.0. The standard InChI is InChI=1S/C16H12F6N2O2/c1-2-26-14(25)11-6-7-12(16(20,21)22)24-13(11)23-10-5-3-4-9(8-10)15(17,18)19/h3-8H,2H2,1H3,(H,23,24). The maximum absolute atomic E-state index is 12.9. The van der Waals surface area contributed by atoms with Crippen LogP contribution in [0.15, 0.2) is 36.4 Å². The lowest BCUT2D eigenvalue weighted by Gasteiger charge is -2.14. The van der Waals surface area contributed by atoms with E-state index < -0.39 is 35.4 Å². The molecule has 1 N–H and O–H groups in total. The van der Waals surface area contributed by atoms with Gasteiger partial charge in [0.1, 0.15) is 17.1 Å². The number of hydrogen-bond donors (Lipinski definition) is 1. The van der Waals surface area contributed by atoms with Crippen molar-refractivity contribution in [3.63, 3.8) is 0 Å². The Labute approximate surface area is 143 Å².